The van der Waals surface area contributed by atoms with Crippen molar-refractivity contribution in [3.8, 4) is 12.3 Å². The van der Waals surface area contributed by atoms with Crippen molar-refractivity contribution < 1.29 is 28.8 Å². The zero-order valence-electron chi connectivity index (χ0n) is 15.9. The van der Waals surface area contributed by atoms with Crippen LogP contribution in [-0.2, 0) is 18.9 Å². The van der Waals surface area contributed by atoms with Gasteiger partial charge in [0.05, 0.1) is 18.1 Å². The Morgan fingerprint density at radius 1 is 1.59 bits per heavy atom. The molecule has 1 aliphatic heterocycles. The minimum absolute atomic E-state index is 0.00882. The van der Waals surface area contributed by atoms with Gasteiger partial charge in [-0.3, -0.25) is 0 Å². The van der Waals surface area contributed by atoms with Gasteiger partial charge in [-0.1, -0.05) is 5.92 Å². The van der Waals surface area contributed by atoms with Crippen LogP contribution in [0.4, 0.5) is 10.6 Å². The van der Waals surface area contributed by atoms with Crippen LogP contribution in [0.5, 0.6) is 0 Å². The normalized spacial score (nSPS) is 24.0. The summed E-state index contributed by atoms with van der Waals surface area (Å²) in [5.74, 6) is 2.68. The number of nitrogens with two attached hydrogens (primary N) is 1. The number of nitrogens with zero attached hydrogens (tertiary/aromatic N) is 3. The molecule has 1 saturated heterocycles. The molecule has 11 heteroatoms. The van der Waals surface area contributed by atoms with Crippen molar-refractivity contribution in [3.63, 3.8) is 0 Å². The number of carbonyl (C=O) groups is 1. The van der Waals surface area contributed by atoms with E-state index < -0.39 is 30.9 Å². The maximum atomic E-state index is 11.4. The number of ether oxygens (including phenoxy) is 4. The molecule has 10 nitrogen and oxygen atoms in total. The molecule has 156 valence electrons. The van der Waals surface area contributed by atoms with Gasteiger partial charge in [0, 0.05) is 12.6 Å². The zero-order chi connectivity index (χ0) is 21.2. The van der Waals surface area contributed by atoms with Crippen LogP contribution >= 0.6 is 11.6 Å². The lowest BCUT2D eigenvalue weighted by molar-refractivity contribution is -0.133. The summed E-state index contributed by atoms with van der Waals surface area (Å²) in [6.45, 7) is 2.78. The van der Waals surface area contributed by atoms with Gasteiger partial charge in [-0.2, -0.15) is 4.98 Å². The number of aromatic nitrogens is 3. The molecule has 3 rings (SSSR count). The minimum Gasteiger partial charge on any atom is -0.432 e. The number of carbonyl (C=O) groups excluding carboxylic acids is 1. The predicted molar refractivity (Wildman–Crippen MR) is 103 cm³/mol. The number of aliphatic hydroxyl groups is 1. The Balaban J connectivity index is 1.69. The highest BCUT2D eigenvalue weighted by atomic mass is 35.5. The number of terminal acetylenes is 1. The Kier molecular flexibility index (Phi) is 6.14. The first-order valence-corrected chi connectivity index (χ1v) is 9.18. The molecule has 2 aromatic heterocycles. The average molecular weight is 425 g/mol. The van der Waals surface area contributed by atoms with E-state index in [1.165, 1.54) is 0 Å². The summed E-state index contributed by atoms with van der Waals surface area (Å²) in [7, 11) is 0. The monoisotopic (exact) mass is 424 g/mol. The van der Waals surface area contributed by atoms with Crippen molar-refractivity contribution in [2.45, 2.75) is 44.3 Å². The second-order valence-corrected chi connectivity index (χ2v) is 7.06. The molecular weight excluding hydrogens is 404 g/mol. The number of halogens is 1. The zero-order valence-corrected chi connectivity index (χ0v) is 16.6. The van der Waals surface area contributed by atoms with Gasteiger partial charge in [0.15, 0.2) is 12.4 Å². The molecule has 0 saturated carbocycles. The number of nitrogen functional groups attached to an aromatic ring is 1. The Morgan fingerprint density at radius 2 is 2.34 bits per heavy atom. The van der Waals surface area contributed by atoms with E-state index >= 15 is 0 Å². The van der Waals surface area contributed by atoms with Crippen molar-refractivity contribution in [2.24, 2.45) is 0 Å². The van der Waals surface area contributed by atoms with Crippen molar-refractivity contribution in [3.05, 3.63) is 17.5 Å². The summed E-state index contributed by atoms with van der Waals surface area (Å²) in [5, 5.41) is 11.1. The van der Waals surface area contributed by atoms with Crippen LogP contribution in [0.3, 0.4) is 0 Å². The van der Waals surface area contributed by atoms with Crippen molar-refractivity contribution in [2.75, 3.05) is 19.1 Å². The Labute approximate surface area is 171 Å². The summed E-state index contributed by atoms with van der Waals surface area (Å²) in [6.07, 6.45) is 4.63. The molecule has 0 bridgehead atoms. The van der Waals surface area contributed by atoms with Gasteiger partial charge in [-0.15, -0.1) is 6.42 Å². The molecule has 0 aromatic carbocycles. The van der Waals surface area contributed by atoms with Crippen molar-refractivity contribution >= 4 is 34.6 Å². The molecule has 0 radical (unpaired) electrons. The van der Waals surface area contributed by atoms with E-state index in [0.29, 0.717) is 11.0 Å². The maximum Gasteiger partial charge on any atom is 0.510 e. The summed E-state index contributed by atoms with van der Waals surface area (Å²) >= 11 is 5.90. The molecule has 0 aliphatic carbocycles. The summed E-state index contributed by atoms with van der Waals surface area (Å²) in [5.41, 5.74) is 4.88. The van der Waals surface area contributed by atoms with Crippen LogP contribution in [0.2, 0.25) is 5.28 Å². The Hall–Kier alpha value is -2.58. The standard InChI is InChI=1S/C18H21ClN4O6/c1-4-18(8-26-9-27-17(25)28-10(2)3)12(24)7-13(29-18)23-6-5-11-14(20)21-16(19)22-15(11)23/h1,5-6,10,12-13,24H,7-9H2,2-3H3,(H2,20,21,22)/t12-,13+,18+/m0/s1. The van der Waals surface area contributed by atoms with E-state index in [1.807, 2.05) is 0 Å². The summed E-state index contributed by atoms with van der Waals surface area (Å²) < 4.78 is 22.5. The van der Waals surface area contributed by atoms with Crippen LogP contribution in [0.25, 0.3) is 11.0 Å². The molecule has 1 fully saturated rings. The first-order chi connectivity index (χ1) is 13.8. The number of hydrogen-bond donors (Lipinski definition) is 2. The number of aliphatic hydroxyl groups excluding tert-OH is 1. The van der Waals surface area contributed by atoms with E-state index in [0.717, 1.165) is 0 Å². The highest BCUT2D eigenvalue weighted by Gasteiger charge is 2.48. The smallest absolute Gasteiger partial charge is 0.432 e. The van der Waals surface area contributed by atoms with Crippen molar-refractivity contribution in [1.29, 1.82) is 0 Å². The first kappa shape index (κ1) is 21.1. The summed E-state index contributed by atoms with van der Waals surface area (Å²) in [6, 6.07) is 1.72. The van der Waals surface area contributed by atoms with Gasteiger partial charge in [0.2, 0.25) is 5.28 Å². The van der Waals surface area contributed by atoms with E-state index in [4.69, 9.17) is 42.7 Å². The number of fused-ring (bicyclic) bond motifs is 1. The molecular formula is C18H21ClN4O6. The molecule has 0 spiro atoms. The SMILES string of the molecule is C#C[C@]1(COCOC(=O)OC(C)C)O[C@@H](n2ccc3c(N)nc(Cl)nc32)C[C@@H]1O. The number of anilines is 1. The lowest BCUT2D eigenvalue weighted by Crippen LogP contribution is -2.42. The van der Waals surface area contributed by atoms with Gasteiger partial charge in [0.1, 0.15) is 23.8 Å². The van der Waals surface area contributed by atoms with E-state index in [1.54, 1.807) is 30.7 Å². The second-order valence-electron chi connectivity index (χ2n) is 6.72. The average Bonchev–Trinajstić information content (AvgIpc) is 3.20. The molecule has 3 N–H and O–H groups in total. The third-order valence-electron chi connectivity index (χ3n) is 4.35. The molecule has 0 amide bonds. The lowest BCUT2D eigenvalue weighted by Gasteiger charge is -2.26. The van der Waals surface area contributed by atoms with Crippen LogP contribution in [0.1, 0.15) is 26.5 Å². The van der Waals surface area contributed by atoms with Crippen LogP contribution in [-0.4, -0.2) is 57.0 Å². The predicted octanol–water partition coefficient (Wildman–Crippen LogP) is 1.85. The van der Waals surface area contributed by atoms with Gasteiger partial charge >= 0.3 is 6.16 Å². The second kappa shape index (κ2) is 8.42. The third-order valence-corrected chi connectivity index (χ3v) is 4.52. The fourth-order valence-corrected chi connectivity index (χ4v) is 3.17. The maximum absolute atomic E-state index is 11.4. The Bertz CT molecular complexity index is 942. The largest absolute Gasteiger partial charge is 0.510 e. The highest BCUT2D eigenvalue weighted by Crippen LogP contribution is 2.38. The van der Waals surface area contributed by atoms with Gasteiger partial charge in [-0.25, -0.2) is 9.78 Å². The third kappa shape index (κ3) is 4.38. The van der Waals surface area contributed by atoms with E-state index in [9.17, 15) is 9.90 Å². The van der Waals surface area contributed by atoms with Crippen LogP contribution in [0, 0.1) is 12.3 Å². The molecule has 1 aliphatic rings. The number of hydrogen-bond acceptors (Lipinski definition) is 9. The topological polar surface area (TPSA) is 131 Å². The quantitative estimate of drug-likeness (QED) is 0.234. The van der Waals surface area contributed by atoms with Gasteiger partial charge in [-0.05, 0) is 31.5 Å². The molecule has 0 unspecified atom stereocenters. The lowest BCUT2D eigenvalue weighted by atomic mass is 9.99. The fraction of sp³-hybridized carbons (Fsp3) is 0.500. The molecule has 3 heterocycles. The van der Waals surface area contributed by atoms with E-state index in [-0.39, 0.29) is 30.2 Å². The van der Waals surface area contributed by atoms with Gasteiger partial charge in [0.25, 0.3) is 0 Å². The number of rotatable bonds is 6. The molecule has 2 aromatic rings. The highest BCUT2D eigenvalue weighted by molar-refractivity contribution is 6.28. The fourth-order valence-electron chi connectivity index (χ4n) is 2.99. The first-order valence-electron chi connectivity index (χ1n) is 8.80. The van der Waals surface area contributed by atoms with E-state index in [2.05, 4.69) is 15.9 Å². The van der Waals surface area contributed by atoms with Crippen LogP contribution < -0.4 is 5.73 Å². The van der Waals surface area contributed by atoms with Crippen molar-refractivity contribution in [1.82, 2.24) is 14.5 Å². The van der Waals surface area contributed by atoms with Crippen LogP contribution in [0.15, 0.2) is 12.3 Å². The Morgan fingerprint density at radius 3 is 3.03 bits per heavy atom. The molecule has 29 heavy (non-hydrogen) atoms. The molecule has 3 atom stereocenters. The summed E-state index contributed by atoms with van der Waals surface area (Å²) in [4.78, 5) is 19.5. The van der Waals surface area contributed by atoms with Gasteiger partial charge < -0.3 is 34.4 Å². The minimum atomic E-state index is -1.44.